The van der Waals surface area contributed by atoms with Crippen molar-refractivity contribution in [1.82, 2.24) is 0 Å². The fourth-order valence-corrected chi connectivity index (χ4v) is 4.08. The van der Waals surface area contributed by atoms with Gasteiger partial charge in [0.25, 0.3) is 0 Å². The number of ether oxygens (including phenoxy) is 2. The molecule has 0 unspecified atom stereocenters. The Labute approximate surface area is 200 Å². The molecule has 0 atom stereocenters. The Balaban J connectivity index is 1.33. The summed E-state index contributed by atoms with van der Waals surface area (Å²) in [4.78, 5) is 24.1. The summed E-state index contributed by atoms with van der Waals surface area (Å²) in [5, 5.41) is 5.38. The van der Waals surface area contributed by atoms with Gasteiger partial charge in [0, 0.05) is 22.9 Å². The molecular weight excluding hydrogens is 464 g/mol. The van der Waals surface area contributed by atoms with Crippen molar-refractivity contribution in [1.29, 1.82) is 0 Å². The molecule has 0 radical (unpaired) electrons. The highest BCUT2D eigenvalue weighted by atomic mass is 32.2. The van der Waals surface area contributed by atoms with Crippen LogP contribution in [0.15, 0.2) is 63.8 Å². The number of hydrogen-bond acceptors (Lipinski definition) is 8. The highest BCUT2D eigenvalue weighted by molar-refractivity contribution is 7.98. The van der Waals surface area contributed by atoms with Gasteiger partial charge in [-0.1, -0.05) is 6.07 Å². The van der Waals surface area contributed by atoms with E-state index >= 15 is 0 Å². The second kappa shape index (κ2) is 13.5. The van der Waals surface area contributed by atoms with Crippen LogP contribution in [0.25, 0.3) is 0 Å². The van der Waals surface area contributed by atoms with Crippen LogP contribution in [0.1, 0.15) is 17.1 Å². The molecule has 0 spiro atoms. The van der Waals surface area contributed by atoms with Crippen LogP contribution in [0, 0.1) is 6.92 Å². The number of furan rings is 2. The largest absolute Gasteiger partial charge is 0.468 e. The number of aryl methyl sites for hydroxylation is 1. The average molecular weight is 491 g/mol. The van der Waals surface area contributed by atoms with Crippen LogP contribution in [0.4, 0.5) is 21.0 Å². The van der Waals surface area contributed by atoms with Gasteiger partial charge in [0.15, 0.2) is 0 Å². The number of amides is 2. The first-order valence-electron chi connectivity index (χ1n) is 10.3. The van der Waals surface area contributed by atoms with E-state index < -0.39 is 12.2 Å². The third kappa shape index (κ3) is 9.19. The van der Waals surface area contributed by atoms with E-state index in [0.29, 0.717) is 22.9 Å². The molecule has 8 nitrogen and oxygen atoms in total. The monoisotopic (exact) mass is 490 g/mol. The van der Waals surface area contributed by atoms with Crippen molar-refractivity contribution in [2.75, 3.05) is 35.4 Å². The third-order valence-corrected chi connectivity index (χ3v) is 6.18. The number of hydrogen-bond donors (Lipinski definition) is 2. The van der Waals surface area contributed by atoms with Crippen LogP contribution in [0.2, 0.25) is 0 Å². The maximum atomic E-state index is 12.1. The lowest BCUT2D eigenvalue weighted by Gasteiger charge is -2.12. The standard InChI is InChI=1S/C23H26N2O6S2/c1-17-6-7-18(24-22(26)30-10-12-32-15-19-4-2-8-28-19)14-21(17)25-23(27)31-11-13-33-16-20-5-3-9-29-20/h2-9,14H,10-13,15-16H2,1H3,(H,24,26)(H,25,27). The lowest BCUT2D eigenvalue weighted by Crippen LogP contribution is -2.17. The first kappa shape index (κ1) is 24.7. The highest BCUT2D eigenvalue weighted by Gasteiger charge is 2.09. The molecular formula is C23H26N2O6S2. The maximum absolute atomic E-state index is 12.1. The predicted octanol–water partition coefficient (Wildman–Crippen LogP) is 6.14. The molecule has 0 aliphatic heterocycles. The maximum Gasteiger partial charge on any atom is 0.411 e. The molecule has 0 fully saturated rings. The van der Waals surface area contributed by atoms with E-state index in [0.717, 1.165) is 28.6 Å². The van der Waals surface area contributed by atoms with Gasteiger partial charge in [0.05, 0.1) is 24.0 Å². The van der Waals surface area contributed by atoms with Crippen LogP contribution in [0.5, 0.6) is 0 Å². The van der Waals surface area contributed by atoms with E-state index in [1.54, 1.807) is 54.2 Å². The highest BCUT2D eigenvalue weighted by Crippen LogP contribution is 2.21. The molecule has 2 aromatic heterocycles. The number of anilines is 2. The van der Waals surface area contributed by atoms with E-state index in [9.17, 15) is 9.59 Å². The van der Waals surface area contributed by atoms with Gasteiger partial charge in [-0.2, -0.15) is 23.5 Å². The number of rotatable bonds is 12. The molecule has 2 heterocycles. The van der Waals surface area contributed by atoms with Gasteiger partial charge in [-0.05, 0) is 48.9 Å². The van der Waals surface area contributed by atoms with Crippen LogP contribution < -0.4 is 10.6 Å². The number of carbonyl (C=O) groups is 2. The molecule has 176 valence electrons. The SMILES string of the molecule is Cc1ccc(NC(=O)OCCSCc2ccco2)cc1NC(=O)OCCSCc1ccco1. The minimum absolute atomic E-state index is 0.276. The Kier molecular flexibility index (Phi) is 10.1. The van der Waals surface area contributed by atoms with Crippen LogP contribution in [-0.2, 0) is 21.0 Å². The first-order valence-corrected chi connectivity index (χ1v) is 12.6. The second-order valence-corrected chi connectivity index (χ2v) is 9.03. The summed E-state index contributed by atoms with van der Waals surface area (Å²) < 4.78 is 20.9. The summed E-state index contributed by atoms with van der Waals surface area (Å²) in [5.74, 6) is 4.53. The lowest BCUT2D eigenvalue weighted by atomic mass is 10.2. The Morgan fingerprint density at radius 3 is 1.97 bits per heavy atom. The van der Waals surface area contributed by atoms with E-state index in [1.807, 2.05) is 31.2 Å². The molecule has 0 aliphatic rings. The van der Waals surface area contributed by atoms with Gasteiger partial charge in [-0.25, -0.2) is 9.59 Å². The van der Waals surface area contributed by atoms with Crippen molar-refractivity contribution in [3.63, 3.8) is 0 Å². The summed E-state index contributed by atoms with van der Waals surface area (Å²) in [6.45, 7) is 2.41. The number of thioether (sulfide) groups is 2. The second-order valence-electron chi connectivity index (χ2n) is 6.82. The zero-order valence-electron chi connectivity index (χ0n) is 18.2. The molecule has 33 heavy (non-hydrogen) atoms. The molecule has 0 saturated carbocycles. The molecule has 3 aromatic rings. The summed E-state index contributed by atoms with van der Waals surface area (Å²) in [6, 6.07) is 12.7. The van der Waals surface area contributed by atoms with Gasteiger partial charge >= 0.3 is 12.2 Å². The van der Waals surface area contributed by atoms with E-state index in [4.69, 9.17) is 18.3 Å². The smallest absolute Gasteiger partial charge is 0.411 e. The van der Waals surface area contributed by atoms with E-state index in [2.05, 4.69) is 10.6 Å². The van der Waals surface area contributed by atoms with Crippen molar-refractivity contribution >= 4 is 47.1 Å². The number of carbonyl (C=O) groups excluding carboxylic acids is 2. The lowest BCUT2D eigenvalue weighted by molar-refractivity contribution is 0.168. The summed E-state index contributed by atoms with van der Waals surface area (Å²) in [6.07, 6.45) is 2.16. The quantitative estimate of drug-likeness (QED) is 0.292. The zero-order valence-corrected chi connectivity index (χ0v) is 19.8. The fourth-order valence-electron chi connectivity index (χ4n) is 2.66. The van der Waals surface area contributed by atoms with Crippen LogP contribution in [-0.4, -0.2) is 36.9 Å². The van der Waals surface area contributed by atoms with Gasteiger partial charge < -0.3 is 18.3 Å². The number of benzene rings is 1. The van der Waals surface area contributed by atoms with Crippen LogP contribution >= 0.6 is 23.5 Å². The van der Waals surface area contributed by atoms with Gasteiger partial charge in [-0.15, -0.1) is 0 Å². The van der Waals surface area contributed by atoms with Crippen molar-refractivity contribution in [2.24, 2.45) is 0 Å². The molecule has 1 aromatic carbocycles. The van der Waals surface area contributed by atoms with Crippen molar-refractivity contribution < 1.29 is 27.9 Å². The Morgan fingerprint density at radius 1 is 0.848 bits per heavy atom. The summed E-state index contributed by atoms with van der Waals surface area (Å²) in [7, 11) is 0. The Bertz CT molecular complexity index is 993. The molecule has 0 aliphatic carbocycles. The average Bonchev–Trinajstić information content (AvgIpc) is 3.50. The normalized spacial score (nSPS) is 10.6. The van der Waals surface area contributed by atoms with E-state index in [-0.39, 0.29) is 13.2 Å². The molecule has 3 rings (SSSR count). The molecule has 10 heteroatoms. The Hall–Kier alpha value is -2.98. The minimum Gasteiger partial charge on any atom is -0.468 e. The minimum atomic E-state index is -0.556. The van der Waals surface area contributed by atoms with Crippen molar-refractivity contribution in [3.05, 3.63) is 72.1 Å². The Morgan fingerprint density at radius 2 is 1.42 bits per heavy atom. The van der Waals surface area contributed by atoms with Crippen molar-refractivity contribution in [2.45, 2.75) is 18.4 Å². The van der Waals surface area contributed by atoms with Gasteiger partial charge in [-0.3, -0.25) is 10.6 Å². The molecule has 2 N–H and O–H groups in total. The van der Waals surface area contributed by atoms with E-state index in [1.165, 1.54) is 0 Å². The van der Waals surface area contributed by atoms with Crippen LogP contribution in [0.3, 0.4) is 0 Å². The first-order chi connectivity index (χ1) is 16.1. The third-order valence-electron chi connectivity index (χ3n) is 4.29. The predicted molar refractivity (Wildman–Crippen MR) is 131 cm³/mol. The zero-order chi connectivity index (χ0) is 23.3. The summed E-state index contributed by atoms with van der Waals surface area (Å²) in [5.41, 5.74) is 1.90. The summed E-state index contributed by atoms with van der Waals surface area (Å²) >= 11 is 3.23. The molecule has 0 saturated heterocycles. The molecule has 2 amide bonds. The fraction of sp³-hybridized carbons (Fsp3) is 0.304. The van der Waals surface area contributed by atoms with Gasteiger partial charge in [0.1, 0.15) is 24.7 Å². The molecule has 0 bridgehead atoms. The van der Waals surface area contributed by atoms with Crippen molar-refractivity contribution in [3.8, 4) is 0 Å². The number of nitrogens with one attached hydrogen (secondary N) is 2. The topological polar surface area (TPSA) is 103 Å². The van der Waals surface area contributed by atoms with Gasteiger partial charge in [0.2, 0.25) is 0 Å².